The van der Waals surface area contributed by atoms with Crippen LogP contribution >= 0.6 is 62.4 Å². The summed E-state index contributed by atoms with van der Waals surface area (Å²) in [4.78, 5) is 21.7. The molecule has 3 aromatic rings. The van der Waals surface area contributed by atoms with E-state index < -0.39 is 0 Å². The van der Waals surface area contributed by atoms with E-state index in [0.717, 1.165) is 29.2 Å². The smallest absolute Gasteiger partial charge is 0.266 e. The van der Waals surface area contributed by atoms with Crippen LogP contribution in [-0.4, -0.2) is 23.0 Å². The summed E-state index contributed by atoms with van der Waals surface area (Å²) in [5.41, 5.74) is 0.814. The van der Waals surface area contributed by atoms with Crippen LogP contribution in [0.25, 0.3) is 6.08 Å². The minimum atomic E-state index is -0.0360. The minimum Gasteiger partial charge on any atom is -0.290 e. The number of nitrogens with zero attached hydrogens (tertiary/aromatic N) is 2. The molecule has 29 heavy (non-hydrogen) atoms. The molecule has 0 aliphatic carbocycles. The molecule has 1 fully saturated rings. The van der Waals surface area contributed by atoms with Gasteiger partial charge in [-0.15, -0.1) is 11.3 Å². The molecule has 0 saturated carbocycles. The lowest BCUT2D eigenvalue weighted by atomic mass is 10.3. The molecule has 146 valence electrons. The summed E-state index contributed by atoms with van der Waals surface area (Å²) in [7, 11) is 1.75. The summed E-state index contributed by atoms with van der Waals surface area (Å²) >= 11 is 14.1. The van der Waals surface area contributed by atoms with Crippen molar-refractivity contribution in [3.8, 4) is 0 Å². The third kappa shape index (κ3) is 5.16. The van der Waals surface area contributed by atoms with Gasteiger partial charge in [-0.1, -0.05) is 39.3 Å². The van der Waals surface area contributed by atoms with Crippen molar-refractivity contribution in [1.29, 1.82) is 0 Å². The number of amides is 1. The fourth-order valence-electron chi connectivity index (χ4n) is 2.49. The second-order valence-corrected chi connectivity index (χ2v) is 10.9. The van der Waals surface area contributed by atoms with Crippen LogP contribution in [0.15, 0.2) is 84.1 Å². The Bertz CT molecular complexity index is 1110. The van der Waals surface area contributed by atoms with Gasteiger partial charge in [0.15, 0.2) is 5.17 Å². The molecule has 0 spiro atoms. The summed E-state index contributed by atoms with van der Waals surface area (Å²) in [6.45, 7) is 0. The number of likely N-dealkylation sites (N-methyl/N-ethyl adjacent to an activating group) is 1. The molecular weight excluding hydrogens is 508 g/mol. The molecule has 4 rings (SSSR count). The molecule has 1 aliphatic heterocycles. The number of rotatable bonds is 4. The van der Waals surface area contributed by atoms with Gasteiger partial charge in [-0.25, -0.2) is 4.99 Å². The van der Waals surface area contributed by atoms with E-state index in [2.05, 4.69) is 27.0 Å². The lowest BCUT2D eigenvalue weighted by Crippen LogP contribution is -2.23. The van der Waals surface area contributed by atoms with Gasteiger partial charge in [-0.05, 0) is 78.5 Å². The minimum absolute atomic E-state index is 0.0360. The van der Waals surface area contributed by atoms with Crippen LogP contribution in [0.1, 0.15) is 4.88 Å². The maximum Gasteiger partial charge on any atom is 0.266 e. The van der Waals surface area contributed by atoms with Crippen molar-refractivity contribution in [1.82, 2.24) is 4.90 Å². The molecule has 3 nitrogen and oxygen atoms in total. The van der Waals surface area contributed by atoms with Gasteiger partial charge in [0.25, 0.3) is 5.91 Å². The third-order valence-corrected chi connectivity index (χ3v) is 7.98. The SMILES string of the molecule is CN1C(=O)/C(=C/c2ccc(Sc3ccc(Cl)cc3)s2)SC1=Nc1ccc(Br)cc1. The first kappa shape index (κ1) is 20.8. The number of hydrogen-bond acceptors (Lipinski definition) is 5. The van der Waals surface area contributed by atoms with Crippen molar-refractivity contribution in [2.24, 2.45) is 4.99 Å². The van der Waals surface area contributed by atoms with Crippen molar-refractivity contribution in [2.45, 2.75) is 9.10 Å². The summed E-state index contributed by atoms with van der Waals surface area (Å²) < 4.78 is 2.15. The molecule has 0 radical (unpaired) electrons. The van der Waals surface area contributed by atoms with Gasteiger partial charge < -0.3 is 0 Å². The van der Waals surface area contributed by atoms with E-state index in [1.54, 1.807) is 35.0 Å². The molecule has 1 aliphatic rings. The van der Waals surface area contributed by atoms with E-state index in [-0.39, 0.29) is 5.91 Å². The molecule has 0 bridgehead atoms. The molecule has 0 atom stereocenters. The van der Waals surface area contributed by atoms with E-state index >= 15 is 0 Å². The van der Waals surface area contributed by atoms with Crippen molar-refractivity contribution >= 4 is 85.2 Å². The average Bonchev–Trinajstić information content (AvgIpc) is 3.25. The zero-order valence-corrected chi connectivity index (χ0v) is 19.9. The van der Waals surface area contributed by atoms with E-state index in [0.29, 0.717) is 10.1 Å². The summed E-state index contributed by atoms with van der Waals surface area (Å²) in [5.74, 6) is -0.0360. The number of thiophene rings is 1. The average molecular weight is 522 g/mol. The van der Waals surface area contributed by atoms with Crippen molar-refractivity contribution in [2.75, 3.05) is 7.05 Å². The van der Waals surface area contributed by atoms with E-state index in [4.69, 9.17) is 11.6 Å². The third-order valence-electron chi connectivity index (χ3n) is 3.96. The number of hydrogen-bond donors (Lipinski definition) is 0. The summed E-state index contributed by atoms with van der Waals surface area (Å²) in [6.07, 6.45) is 1.93. The Morgan fingerprint density at radius 2 is 1.79 bits per heavy atom. The Balaban J connectivity index is 1.51. The molecule has 2 heterocycles. The number of benzene rings is 2. The second kappa shape index (κ2) is 9.10. The van der Waals surface area contributed by atoms with Gasteiger partial charge in [0, 0.05) is 26.3 Å². The van der Waals surface area contributed by atoms with Gasteiger partial charge in [0.05, 0.1) is 14.8 Å². The van der Waals surface area contributed by atoms with Crippen LogP contribution in [0.4, 0.5) is 5.69 Å². The first-order valence-corrected chi connectivity index (χ1v) is 12.1. The maximum absolute atomic E-state index is 12.6. The van der Waals surface area contributed by atoms with Crippen LogP contribution in [0.3, 0.4) is 0 Å². The monoisotopic (exact) mass is 520 g/mol. The van der Waals surface area contributed by atoms with Gasteiger partial charge in [0.1, 0.15) is 0 Å². The Kier molecular flexibility index (Phi) is 6.51. The molecule has 1 saturated heterocycles. The van der Waals surface area contributed by atoms with Crippen molar-refractivity contribution < 1.29 is 4.79 Å². The summed E-state index contributed by atoms with van der Waals surface area (Å²) in [5, 5.41) is 1.41. The molecule has 0 unspecified atom stereocenters. The first-order chi connectivity index (χ1) is 14.0. The van der Waals surface area contributed by atoms with Crippen molar-refractivity contribution in [3.05, 3.63) is 79.9 Å². The lowest BCUT2D eigenvalue weighted by Gasteiger charge is -2.06. The van der Waals surface area contributed by atoms with Crippen LogP contribution in [-0.2, 0) is 4.79 Å². The van der Waals surface area contributed by atoms with Crippen molar-refractivity contribution in [3.63, 3.8) is 0 Å². The van der Waals surface area contributed by atoms with Crippen LogP contribution in [0, 0.1) is 0 Å². The quantitative estimate of drug-likeness (QED) is 0.332. The maximum atomic E-state index is 12.6. The molecule has 1 amide bonds. The van der Waals surface area contributed by atoms with E-state index in [1.807, 2.05) is 60.7 Å². The number of halogens is 2. The lowest BCUT2D eigenvalue weighted by molar-refractivity contribution is -0.121. The zero-order valence-electron chi connectivity index (χ0n) is 15.1. The predicted molar refractivity (Wildman–Crippen MR) is 129 cm³/mol. The predicted octanol–water partition coefficient (Wildman–Crippen LogP) is 7.55. The second-order valence-electron chi connectivity index (χ2n) is 6.06. The highest BCUT2D eigenvalue weighted by Gasteiger charge is 2.30. The number of carbonyl (C=O) groups is 1. The fraction of sp³-hybridized carbons (Fsp3) is 0.0476. The highest BCUT2D eigenvalue weighted by molar-refractivity contribution is 9.10. The summed E-state index contributed by atoms with van der Waals surface area (Å²) in [6, 6.07) is 19.6. The zero-order chi connectivity index (χ0) is 20.4. The number of thioether (sulfide) groups is 1. The largest absolute Gasteiger partial charge is 0.290 e. The van der Waals surface area contributed by atoms with Gasteiger partial charge in [-0.2, -0.15) is 0 Å². The normalized spacial score (nSPS) is 16.9. The Morgan fingerprint density at radius 1 is 1.07 bits per heavy atom. The van der Waals surface area contributed by atoms with Gasteiger partial charge in [0.2, 0.25) is 0 Å². The molecule has 8 heteroatoms. The topological polar surface area (TPSA) is 32.7 Å². The first-order valence-electron chi connectivity index (χ1n) is 8.53. The van der Waals surface area contributed by atoms with Gasteiger partial charge >= 0.3 is 0 Å². The molecule has 0 N–H and O–H groups in total. The Morgan fingerprint density at radius 3 is 2.52 bits per heavy atom. The highest BCUT2D eigenvalue weighted by Crippen LogP contribution is 2.38. The Hall–Kier alpha value is -1.51. The fourth-order valence-corrected chi connectivity index (χ4v) is 6.00. The van der Waals surface area contributed by atoms with E-state index in [1.165, 1.54) is 11.8 Å². The van der Waals surface area contributed by atoms with Crippen LogP contribution < -0.4 is 0 Å². The Labute approximate surface area is 195 Å². The van der Waals surface area contributed by atoms with Gasteiger partial charge in [-0.3, -0.25) is 9.69 Å². The number of carbonyl (C=O) groups excluding carboxylic acids is 1. The van der Waals surface area contributed by atoms with Crippen LogP contribution in [0.2, 0.25) is 5.02 Å². The number of amidine groups is 1. The van der Waals surface area contributed by atoms with Crippen LogP contribution in [0.5, 0.6) is 0 Å². The highest BCUT2D eigenvalue weighted by atomic mass is 79.9. The number of aliphatic imine (C=N–C) groups is 1. The van der Waals surface area contributed by atoms with E-state index in [9.17, 15) is 4.79 Å². The molecule has 1 aromatic heterocycles. The molecular formula is C21H14BrClN2OS3. The standard InChI is InChI=1S/C21H14BrClN2OS3/c1-25-20(26)18(29-21(25)24-15-6-2-13(22)3-7-15)12-17-10-11-19(28-17)27-16-8-4-14(23)5-9-16/h2-12H,1H3/b18-12-,24-21?. The molecule has 2 aromatic carbocycles.